The van der Waals surface area contributed by atoms with Crippen LogP contribution in [-0.2, 0) is 9.59 Å². The van der Waals surface area contributed by atoms with Crippen LogP contribution in [0.4, 0.5) is 0 Å². The fourth-order valence-electron chi connectivity index (χ4n) is 4.99. The van der Waals surface area contributed by atoms with Crippen molar-refractivity contribution in [3.8, 4) is 17.2 Å². The monoisotopic (exact) mass is 401 g/mol. The van der Waals surface area contributed by atoms with Crippen molar-refractivity contribution in [3.63, 3.8) is 0 Å². The fraction of sp³-hybridized carbons (Fsp3) is 0.652. The Hall–Kier alpha value is -2.24. The number of ether oxygens (including phenoxy) is 3. The van der Waals surface area contributed by atoms with Gasteiger partial charge < -0.3 is 14.2 Å². The molecule has 3 aliphatic rings. The molecule has 2 aliphatic heterocycles. The summed E-state index contributed by atoms with van der Waals surface area (Å²) in [4.78, 5) is 26.5. The molecule has 6 heteroatoms. The fourth-order valence-corrected chi connectivity index (χ4v) is 4.99. The Morgan fingerprint density at radius 1 is 1.10 bits per heavy atom. The average Bonchev–Trinajstić information content (AvgIpc) is 3.16. The third kappa shape index (κ3) is 4.36. The van der Waals surface area contributed by atoms with E-state index in [1.54, 1.807) is 7.11 Å². The van der Waals surface area contributed by atoms with E-state index in [0.29, 0.717) is 37.5 Å². The molecule has 4 rings (SSSR count). The van der Waals surface area contributed by atoms with Crippen molar-refractivity contribution in [3.05, 3.63) is 18.2 Å². The van der Waals surface area contributed by atoms with E-state index in [-0.39, 0.29) is 23.3 Å². The minimum Gasteiger partial charge on any atom is -0.493 e. The van der Waals surface area contributed by atoms with Crippen LogP contribution in [0.25, 0.3) is 0 Å². The summed E-state index contributed by atoms with van der Waals surface area (Å²) in [7, 11) is 1.63. The summed E-state index contributed by atoms with van der Waals surface area (Å²) in [6.07, 6.45) is 9.17. The van der Waals surface area contributed by atoms with Gasteiger partial charge in [0.1, 0.15) is 12.7 Å². The van der Waals surface area contributed by atoms with Gasteiger partial charge in [-0.1, -0.05) is 25.3 Å². The van der Waals surface area contributed by atoms with Gasteiger partial charge in [0.25, 0.3) is 0 Å². The Bertz CT molecular complexity index is 721. The summed E-state index contributed by atoms with van der Waals surface area (Å²) in [5.74, 6) is 2.17. The Morgan fingerprint density at radius 3 is 2.59 bits per heavy atom. The first-order chi connectivity index (χ1) is 14.1. The lowest BCUT2D eigenvalue weighted by Crippen LogP contribution is -2.47. The second kappa shape index (κ2) is 8.64. The van der Waals surface area contributed by atoms with Crippen LogP contribution in [0.5, 0.6) is 17.2 Å². The maximum absolute atomic E-state index is 12.5. The molecule has 0 aromatic heterocycles. The van der Waals surface area contributed by atoms with Crippen molar-refractivity contribution in [2.45, 2.75) is 70.3 Å². The minimum atomic E-state index is -0.0136. The number of carbonyl (C=O) groups is 2. The molecular formula is C23H31NO5. The second-order valence-electron chi connectivity index (χ2n) is 8.69. The van der Waals surface area contributed by atoms with Crippen LogP contribution in [0.1, 0.15) is 64.2 Å². The molecule has 0 radical (unpaired) electrons. The zero-order chi connectivity index (χ0) is 20.3. The molecule has 2 amide bonds. The molecule has 1 atom stereocenters. The van der Waals surface area contributed by atoms with Gasteiger partial charge in [0.05, 0.1) is 7.11 Å². The number of methoxy groups -OCH3 is 1. The van der Waals surface area contributed by atoms with E-state index < -0.39 is 0 Å². The van der Waals surface area contributed by atoms with Gasteiger partial charge in [-0.05, 0) is 49.7 Å². The third-order valence-corrected chi connectivity index (χ3v) is 6.60. The van der Waals surface area contributed by atoms with Crippen LogP contribution in [0.2, 0.25) is 0 Å². The zero-order valence-corrected chi connectivity index (χ0v) is 17.3. The molecule has 6 nitrogen and oxygen atoms in total. The van der Waals surface area contributed by atoms with Crippen LogP contribution in [-0.4, -0.2) is 43.1 Å². The number of benzene rings is 1. The molecule has 0 N–H and O–H groups in total. The molecular weight excluding hydrogens is 370 g/mol. The van der Waals surface area contributed by atoms with Gasteiger partial charge in [-0.25, -0.2) is 0 Å². The second-order valence-corrected chi connectivity index (χ2v) is 8.69. The predicted molar refractivity (Wildman–Crippen MR) is 108 cm³/mol. The zero-order valence-electron chi connectivity index (χ0n) is 17.3. The number of piperidine rings is 1. The number of rotatable bonds is 7. The summed E-state index contributed by atoms with van der Waals surface area (Å²) in [6, 6.07) is 5.64. The number of fused-ring (bicyclic) bond motifs is 1. The molecule has 2 heterocycles. The van der Waals surface area contributed by atoms with E-state index in [4.69, 9.17) is 14.2 Å². The largest absolute Gasteiger partial charge is 0.493 e. The van der Waals surface area contributed by atoms with Gasteiger partial charge in [-0.2, -0.15) is 0 Å². The molecule has 1 unspecified atom stereocenters. The van der Waals surface area contributed by atoms with Gasteiger partial charge in [0.15, 0.2) is 11.5 Å². The lowest BCUT2D eigenvalue weighted by molar-refractivity contribution is -0.153. The van der Waals surface area contributed by atoms with E-state index in [1.807, 2.05) is 18.2 Å². The van der Waals surface area contributed by atoms with Crippen molar-refractivity contribution in [2.75, 3.05) is 20.3 Å². The molecule has 1 aromatic carbocycles. The number of nitrogens with zero attached hydrogens (tertiary/aromatic N) is 1. The maximum Gasteiger partial charge on any atom is 0.229 e. The van der Waals surface area contributed by atoms with E-state index in [1.165, 1.54) is 4.90 Å². The van der Waals surface area contributed by atoms with Gasteiger partial charge in [-0.3, -0.25) is 14.5 Å². The van der Waals surface area contributed by atoms with E-state index in [2.05, 4.69) is 0 Å². The highest BCUT2D eigenvalue weighted by atomic mass is 16.6. The number of carbonyl (C=O) groups excluding carboxylic acids is 2. The summed E-state index contributed by atoms with van der Waals surface area (Å²) < 4.78 is 17.2. The highest BCUT2D eigenvalue weighted by Gasteiger charge is 2.44. The Balaban J connectivity index is 1.19. The lowest BCUT2D eigenvalue weighted by atomic mass is 9.76. The highest BCUT2D eigenvalue weighted by molar-refractivity contribution is 5.98. The molecule has 158 valence electrons. The smallest absolute Gasteiger partial charge is 0.229 e. The molecule has 29 heavy (non-hydrogen) atoms. The van der Waals surface area contributed by atoms with Crippen molar-refractivity contribution >= 4 is 11.8 Å². The van der Waals surface area contributed by atoms with Gasteiger partial charge >= 0.3 is 0 Å². The SMILES string of the molecule is COc1cccc2c1OC(CCCCCN1C(=O)CC3(CCCC3)CC1=O)CO2. The number of amides is 2. The molecule has 1 aromatic rings. The maximum atomic E-state index is 12.5. The first kappa shape index (κ1) is 20.0. The van der Waals surface area contributed by atoms with Gasteiger partial charge in [0.2, 0.25) is 17.6 Å². The van der Waals surface area contributed by atoms with Crippen LogP contribution in [0.3, 0.4) is 0 Å². The Morgan fingerprint density at radius 2 is 1.86 bits per heavy atom. The summed E-state index contributed by atoms with van der Waals surface area (Å²) >= 11 is 0. The number of para-hydroxylation sites is 1. The third-order valence-electron chi connectivity index (χ3n) is 6.60. The Kier molecular flexibility index (Phi) is 5.97. The highest BCUT2D eigenvalue weighted by Crippen LogP contribution is 2.47. The molecule has 1 spiro atoms. The molecule has 2 fully saturated rings. The van der Waals surface area contributed by atoms with E-state index >= 15 is 0 Å². The van der Waals surface area contributed by atoms with E-state index in [9.17, 15) is 9.59 Å². The van der Waals surface area contributed by atoms with Gasteiger partial charge in [0, 0.05) is 19.4 Å². The number of hydrogen-bond acceptors (Lipinski definition) is 5. The van der Waals surface area contributed by atoms with Gasteiger partial charge in [-0.15, -0.1) is 0 Å². The van der Waals surface area contributed by atoms with Crippen LogP contribution in [0.15, 0.2) is 18.2 Å². The summed E-state index contributed by atoms with van der Waals surface area (Å²) in [5.41, 5.74) is -0.0136. The van der Waals surface area contributed by atoms with Crippen LogP contribution in [0, 0.1) is 5.41 Å². The van der Waals surface area contributed by atoms with Crippen molar-refractivity contribution in [2.24, 2.45) is 5.41 Å². The quantitative estimate of drug-likeness (QED) is 0.508. The number of likely N-dealkylation sites (tertiary alicyclic amines) is 1. The summed E-state index contributed by atoms with van der Waals surface area (Å²) in [5, 5.41) is 0. The van der Waals surface area contributed by atoms with Crippen molar-refractivity contribution in [1.82, 2.24) is 4.90 Å². The standard InChI is InChI=1S/C23H31NO5/c1-27-18-9-7-10-19-22(18)29-17(16-28-19)8-3-2-6-13-24-20(25)14-23(15-21(24)26)11-4-5-12-23/h7,9-10,17H,2-6,8,11-16H2,1H3. The first-order valence-electron chi connectivity index (χ1n) is 10.9. The van der Waals surface area contributed by atoms with Crippen molar-refractivity contribution in [1.29, 1.82) is 0 Å². The van der Waals surface area contributed by atoms with Crippen molar-refractivity contribution < 1.29 is 23.8 Å². The predicted octanol–water partition coefficient (Wildman–Crippen LogP) is 4.10. The molecule has 1 aliphatic carbocycles. The van der Waals surface area contributed by atoms with Crippen LogP contribution < -0.4 is 14.2 Å². The minimum absolute atomic E-state index is 0.000671. The lowest BCUT2D eigenvalue weighted by Gasteiger charge is -2.37. The number of imide groups is 1. The topological polar surface area (TPSA) is 65.1 Å². The first-order valence-corrected chi connectivity index (χ1v) is 10.9. The van der Waals surface area contributed by atoms with E-state index in [0.717, 1.165) is 57.1 Å². The molecule has 1 saturated heterocycles. The number of unbranched alkanes of at least 4 members (excludes halogenated alkanes) is 2. The van der Waals surface area contributed by atoms with Crippen LogP contribution >= 0.6 is 0 Å². The molecule has 0 bridgehead atoms. The molecule has 1 saturated carbocycles. The average molecular weight is 402 g/mol. The normalized spacial score (nSPS) is 22.9. The number of hydrogen-bond donors (Lipinski definition) is 0. The Labute approximate surface area is 172 Å². The summed E-state index contributed by atoms with van der Waals surface area (Å²) in [6.45, 7) is 1.08.